The quantitative estimate of drug-likeness (QED) is 0.774. The molecule has 2 aliphatic heterocycles. The normalized spacial score (nSPS) is 24.6. The Labute approximate surface area is 98.0 Å². The molecule has 0 spiro atoms. The molecule has 0 amide bonds. The van der Waals surface area contributed by atoms with Gasteiger partial charge in [0.2, 0.25) is 0 Å². The monoisotopic (exact) mass is 267 g/mol. The number of hydrogen-bond donors (Lipinski definition) is 1. The van der Waals surface area contributed by atoms with E-state index < -0.39 is 0 Å². The third-order valence-electron chi connectivity index (χ3n) is 3.37. The maximum Gasteiger partial charge on any atom is 0.0600 e. The maximum absolute atomic E-state index is 4.28. The zero-order valence-corrected chi connectivity index (χ0v) is 10.1. The maximum atomic E-state index is 4.28. The minimum Gasteiger partial charge on any atom is -0.364 e. The summed E-state index contributed by atoms with van der Waals surface area (Å²) in [6, 6.07) is 0.669. The van der Waals surface area contributed by atoms with Crippen LogP contribution in [0.25, 0.3) is 0 Å². The van der Waals surface area contributed by atoms with Crippen molar-refractivity contribution >= 4 is 21.6 Å². The molecule has 0 aromatic carbocycles. The van der Waals surface area contributed by atoms with Crippen molar-refractivity contribution in [2.45, 2.75) is 18.9 Å². The molecule has 0 unspecified atom stereocenters. The van der Waals surface area contributed by atoms with Gasteiger partial charge in [0.15, 0.2) is 0 Å². The summed E-state index contributed by atoms with van der Waals surface area (Å²) < 4.78 is 1.16. The Hall–Kier alpha value is -0.610. The van der Waals surface area contributed by atoms with Gasteiger partial charge in [-0.15, -0.1) is 0 Å². The lowest BCUT2D eigenvalue weighted by Crippen LogP contribution is -2.53. The van der Waals surface area contributed by atoms with Crippen molar-refractivity contribution in [2.24, 2.45) is 0 Å². The molecule has 1 saturated heterocycles. The van der Waals surface area contributed by atoms with Gasteiger partial charge in [0.1, 0.15) is 0 Å². The fraction of sp³-hybridized carbons (Fsp3) is 0.545. The molecule has 1 N–H and O–H groups in total. The molecule has 80 valence electrons. The third-order valence-corrected chi connectivity index (χ3v) is 4.05. The van der Waals surface area contributed by atoms with Gasteiger partial charge in [-0.25, -0.2) is 0 Å². The van der Waals surface area contributed by atoms with Gasteiger partial charge in [-0.2, -0.15) is 0 Å². The van der Waals surface area contributed by atoms with Gasteiger partial charge in [0.05, 0.1) is 11.9 Å². The highest BCUT2D eigenvalue weighted by Gasteiger charge is 2.29. The van der Waals surface area contributed by atoms with Crippen molar-refractivity contribution in [3.63, 3.8) is 0 Å². The van der Waals surface area contributed by atoms with E-state index >= 15 is 0 Å². The predicted molar refractivity (Wildman–Crippen MR) is 64.3 cm³/mol. The van der Waals surface area contributed by atoms with Crippen LogP contribution in [0.4, 0.5) is 5.69 Å². The SMILES string of the molecule is Brc1cncc2c1CC[C@@H]1CNCCN21. The van der Waals surface area contributed by atoms with Crippen molar-refractivity contribution in [3.8, 4) is 0 Å². The van der Waals surface area contributed by atoms with Crippen molar-refractivity contribution in [2.75, 3.05) is 24.5 Å². The molecule has 2 aliphatic rings. The molecule has 0 bridgehead atoms. The van der Waals surface area contributed by atoms with E-state index in [9.17, 15) is 0 Å². The molecule has 3 nitrogen and oxygen atoms in total. The zero-order chi connectivity index (χ0) is 10.3. The number of fused-ring (bicyclic) bond motifs is 3. The fourth-order valence-corrected chi connectivity index (χ4v) is 3.11. The van der Waals surface area contributed by atoms with E-state index in [2.05, 4.69) is 31.1 Å². The summed E-state index contributed by atoms with van der Waals surface area (Å²) >= 11 is 3.59. The highest BCUT2D eigenvalue weighted by Crippen LogP contribution is 2.34. The number of hydrogen-bond acceptors (Lipinski definition) is 3. The van der Waals surface area contributed by atoms with Crippen molar-refractivity contribution < 1.29 is 0 Å². The zero-order valence-electron chi connectivity index (χ0n) is 8.54. The second-order valence-corrected chi connectivity index (χ2v) is 5.06. The van der Waals surface area contributed by atoms with E-state index in [0.717, 1.165) is 24.1 Å². The Kier molecular flexibility index (Phi) is 2.41. The second kappa shape index (κ2) is 3.76. The summed E-state index contributed by atoms with van der Waals surface area (Å²) in [5, 5.41) is 3.46. The minimum absolute atomic E-state index is 0.669. The number of anilines is 1. The molecule has 0 aliphatic carbocycles. The van der Waals surface area contributed by atoms with E-state index in [-0.39, 0.29) is 0 Å². The van der Waals surface area contributed by atoms with Crippen LogP contribution in [0.2, 0.25) is 0 Å². The first-order valence-corrected chi connectivity index (χ1v) is 6.25. The van der Waals surface area contributed by atoms with Crippen LogP contribution < -0.4 is 10.2 Å². The summed E-state index contributed by atoms with van der Waals surface area (Å²) in [5.74, 6) is 0. The number of halogens is 1. The van der Waals surface area contributed by atoms with Crippen LogP contribution in [0.3, 0.4) is 0 Å². The lowest BCUT2D eigenvalue weighted by Gasteiger charge is -2.42. The van der Waals surface area contributed by atoms with Crippen molar-refractivity contribution in [1.82, 2.24) is 10.3 Å². The smallest absolute Gasteiger partial charge is 0.0600 e. The molecule has 0 saturated carbocycles. The van der Waals surface area contributed by atoms with Crippen LogP contribution >= 0.6 is 15.9 Å². The first kappa shape index (κ1) is 9.60. The number of nitrogens with zero attached hydrogens (tertiary/aromatic N) is 2. The van der Waals surface area contributed by atoms with Crippen LogP contribution in [-0.4, -0.2) is 30.7 Å². The number of rotatable bonds is 0. The minimum atomic E-state index is 0.669. The Morgan fingerprint density at radius 3 is 3.33 bits per heavy atom. The number of piperazine rings is 1. The molecular weight excluding hydrogens is 254 g/mol. The predicted octanol–water partition coefficient (Wildman–Crippen LogP) is 1.57. The first-order valence-electron chi connectivity index (χ1n) is 5.46. The summed E-state index contributed by atoms with van der Waals surface area (Å²) in [4.78, 5) is 6.79. The average molecular weight is 268 g/mol. The first-order chi connectivity index (χ1) is 7.36. The molecule has 1 atom stereocenters. The third kappa shape index (κ3) is 1.56. The van der Waals surface area contributed by atoms with Crippen LogP contribution in [0.1, 0.15) is 12.0 Å². The summed E-state index contributed by atoms with van der Waals surface area (Å²) in [5.41, 5.74) is 2.77. The Morgan fingerprint density at radius 1 is 1.47 bits per heavy atom. The second-order valence-electron chi connectivity index (χ2n) is 4.21. The van der Waals surface area contributed by atoms with Crippen molar-refractivity contribution in [3.05, 3.63) is 22.4 Å². The van der Waals surface area contributed by atoms with E-state index in [1.165, 1.54) is 24.1 Å². The van der Waals surface area contributed by atoms with E-state index in [1.54, 1.807) is 0 Å². The van der Waals surface area contributed by atoms with E-state index in [1.807, 2.05) is 12.4 Å². The van der Waals surface area contributed by atoms with Gasteiger partial charge < -0.3 is 10.2 Å². The van der Waals surface area contributed by atoms with E-state index in [0.29, 0.717) is 6.04 Å². The molecule has 3 heterocycles. The fourth-order valence-electron chi connectivity index (χ4n) is 2.59. The average Bonchev–Trinajstić information content (AvgIpc) is 2.29. The van der Waals surface area contributed by atoms with Gasteiger partial charge in [-0.3, -0.25) is 4.98 Å². The lowest BCUT2D eigenvalue weighted by atomic mass is 9.96. The Morgan fingerprint density at radius 2 is 2.40 bits per heavy atom. The van der Waals surface area contributed by atoms with Gasteiger partial charge in [0, 0.05) is 36.3 Å². The molecular formula is C11H14BrN3. The highest BCUT2D eigenvalue weighted by molar-refractivity contribution is 9.10. The highest BCUT2D eigenvalue weighted by atomic mass is 79.9. The number of nitrogens with one attached hydrogen (secondary N) is 1. The van der Waals surface area contributed by atoms with Gasteiger partial charge in [-0.1, -0.05) is 0 Å². The van der Waals surface area contributed by atoms with Crippen molar-refractivity contribution in [1.29, 1.82) is 0 Å². The Bertz CT molecular complexity index is 380. The lowest BCUT2D eigenvalue weighted by molar-refractivity contribution is 0.439. The van der Waals surface area contributed by atoms with Crippen LogP contribution in [0, 0.1) is 0 Å². The largest absolute Gasteiger partial charge is 0.364 e. The molecule has 0 radical (unpaired) electrons. The summed E-state index contributed by atoms with van der Waals surface area (Å²) in [6.07, 6.45) is 6.34. The van der Waals surface area contributed by atoms with Crippen LogP contribution in [0.5, 0.6) is 0 Å². The van der Waals surface area contributed by atoms with Gasteiger partial charge >= 0.3 is 0 Å². The van der Waals surface area contributed by atoms with Crippen LogP contribution in [-0.2, 0) is 6.42 Å². The van der Waals surface area contributed by atoms with Crippen LogP contribution in [0.15, 0.2) is 16.9 Å². The van der Waals surface area contributed by atoms with Gasteiger partial charge in [0.25, 0.3) is 0 Å². The standard InChI is InChI=1S/C11H14BrN3/c12-10-6-14-7-11-9(10)2-1-8-5-13-3-4-15(8)11/h6-8,13H,1-5H2/t8-/m1/s1. The number of aromatic nitrogens is 1. The van der Waals surface area contributed by atoms with E-state index in [4.69, 9.17) is 0 Å². The number of pyridine rings is 1. The summed E-state index contributed by atoms with van der Waals surface area (Å²) in [7, 11) is 0. The summed E-state index contributed by atoms with van der Waals surface area (Å²) in [6.45, 7) is 3.31. The molecule has 4 heteroatoms. The molecule has 1 aromatic rings. The van der Waals surface area contributed by atoms with Gasteiger partial charge in [-0.05, 0) is 34.3 Å². The molecule has 3 rings (SSSR count). The topological polar surface area (TPSA) is 28.2 Å². The Balaban J connectivity index is 2.03. The molecule has 15 heavy (non-hydrogen) atoms. The molecule has 1 fully saturated rings. The molecule has 1 aromatic heterocycles.